The maximum absolute atomic E-state index is 6.82. The normalized spacial score (nSPS) is 15.5. The second kappa shape index (κ2) is 14.7. The molecule has 12 aromatic rings. The van der Waals surface area contributed by atoms with Crippen molar-refractivity contribution in [2.24, 2.45) is 0 Å². The SMILES string of the molecule is CC1(C)c2ccccc2-c2ccc(N(c3ccc4c(c3)-c3ccccc3Oc3ccccc3-4)c3ccc4c(c3)C3(c5ccccc5-c5ccccc5-4)c4ccccc4-c4cc5c(cc43)oc3ccccc35)cc21. The van der Waals surface area contributed by atoms with Gasteiger partial charge >= 0.3 is 0 Å². The van der Waals surface area contributed by atoms with Gasteiger partial charge in [0.15, 0.2) is 0 Å². The van der Waals surface area contributed by atoms with Crippen LogP contribution >= 0.6 is 0 Å². The van der Waals surface area contributed by atoms with Gasteiger partial charge in [-0.05, 0) is 156 Å². The monoisotopic (exact) mass is 931 g/mol. The summed E-state index contributed by atoms with van der Waals surface area (Å²) in [7, 11) is 0. The number of furan rings is 1. The molecular formula is C70H45NO2. The van der Waals surface area contributed by atoms with E-state index in [-0.39, 0.29) is 5.41 Å². The van der Waals surface area contributed by atoms with Crippen LogP contribution in [0.4, 0.5) is 17.1 Å². The molecule has 0 amide bonds. The van der Waals surface area contributed by atoms with Crippen LogP contribution in [0.3, 0.4) is 0 Å². The molecule has 0 saturated heterocycles. The van der Waals surface area contributed by atoms with Gasteiger partial charge in [0, 0.05) is 44.4 Å². The Kier molecular flexibility index (Phi) is 8.16. The molecule has 1 aliphatic heterocycles. The van der Waals surface area contributed by atoms with Crippen molar-refractivity contribution in [1.82, 2.24) is 0 Å². The molecule has 3 nitrogen and oxygen atoms in total. The molecule has 0 radical (unpaired) electrons. The largest absolute Gasteiger partial charge is 0.456 e. The van der Waals surface area contributed by atoms with E-state index >= 15 is 0 Å². The van der Waals surface area contributed by atoms with E-state index in [9.17, 15) is 0 Å². The fraction of sp³-hybridized carbons (Fsp3) is 0.0571. The van der Waals surface area contributed by atoms with Gasteiger partial charge in [0.05, 0.1) is 5.41 Å². The van der Waals surface area contributed by atoms with Crippen LogP contribution in [-0.4, -0.2) is 0 Å². The molecule has 2 heterocycles. The molecule has 1 aromatic heterocycles. The third-order valence-electron chi connectivity index (χ3n) is 16.7. The second-order valence-corrected chi connectivity index (χ2v) is 20.7. The second-order valence-electron chi connectivity index (χ2n) is 20.7. The molecule has 342 valence electrons. The van der Waals surface area contributed by atoms with E-state index in [1.165, 1.54) is 77.9 Å². The van der Waals surface area contributed by atoms with Crippen LogP contribution in [0.15, 0.2) is 241 Å². The number of rotatable bonds is 3. The Bertz CT molecular complexity index is 4360. The topological polar surface area (TPSA) is 25.6 Å². The molecule has 1 atom stereocenters. The first kappa shape index (κ1) is 40.5. The van der Waals surface area contributed by atoms with Gasteiger partial charge in [0.25, 0.3) is 0 Å². The molecule has 0 fully saturated rings. The highest BCUT2D eigenvalue weighted by Crippen LogP contribution is 2.63. The summed E-state index contributed by atoms with van der Waals surface area (Å²) < 4.78 is 13.5. The number of hydrogen-bond acceptors (Lipinski definition) is 3. The van der Waals surface area contributed by atoms with Crippen LogP contribution in [-0.2, 0) is 10.8 Å². The molecule has 16 rings (SSSR count). The number of para-hydroxylation sites is 3. The molecule has 73 heavy (non-hydrogen) atoms. The minimum Gasteiger partial charge on any atom is -0.456 e. The summed E-state index contributed by atoms with van der Waals surface area (Å²) in [4.78, 5) is 2.50. The van der Waals surface area contributed by atoms with Crippen molar-refractivity contribution in [1.29, 1.82) is 0 Å². The van der Waals surface area contributed by atoms with E-state index in [1.54, 1.807) is 0 Å². The van der Waals surface area contributed by atoms with Crippen LogP contribution in [0.1, 0.15) is 47.2 Å². The van der Waals surface area contributed by atoms with Crippen molar-refractivity contribution in [3.63, 3.8) is 0 Å². The predicted molar refractivity (Wildman–Crippen MR) is 299 cm³/mol. The molecule has 3 aliphatic carbocycles. The molecule has 0 saturated carbocycles. The molecule has 4 aliphatic rings. The third-order valence-corrected chi connectivity index (χ3v) is 16.7. The van der Waals surface area contributed by atoms with E-state index in [2.05, 4.69) is 255 Å². The average Bonchev–Trinajstić information content (AvgIpc) is 3.96. The molecule has 1 unspecified atom stereocenters. The maximum Gasteiger partial charge on any atom is 0.135 e. The number of ether oxygens (including phenoxy) is 1. The minimum absolute atomic E-state index is 0.203. The Hall–Kier alpha value is -9.18. The number of fused-ring (bicyclic) bond motifs is 23. The summed E-state index contributed by atoms with van der Waals surface area (Å²) in [6.45, 7) is 4.75. The minimum atomic E-state index is -0.735. The molecule has 11 aromatic carbocycles. The van der Waals surface area contributed by atoms with Gasteiger partial charge in [-0.3, -0.25) is 0 Å². The van der Waals surface area contributed by atoms with Crippen LogP contribution in [0.25, 0.3) is 88.7 Å². The number of benzene rings is 11. The summed E-state index contributed by atoms with van der Waals surface area (Å²) >= 11 is 0. The van der Waals surface area contributed by atoms with Crippen molar-refractivity contribution < 1.29 is 9.15 Å². The van der Waals surface area contributed by atoms with Crippen molar-refractivity contribution in [2.75, 3.05) is 4.90 Å². The Balaban J connectivity index is 1.01. The Morgan fingerprint density at radius 3 is 1.40 bits per heavy atom. The van der Waals surface area contributed by atoms with Gasteiger partial charge in [-0.1, -0.05) is 184 Å². The van der Waals surface area contributed by atoms with E-state index in [0.29, 0.717) is 0 Å². The van der Waals surface area contributed by atoms with Crippen molar-refractivity contribution in [3.8, 4) is 78.3 Å². The molecule has 3 heteroatoms. The lowest BCUT2D eigenvalue weighted by molar-refractivity contribution is 0.488. The number of hydrogen-bond donors (Lipinski definition) is 0. The van der Waals surface area contributed by atoms with Crippen molar-refractivity contribution in [2.45, 2.75) is 24.7 Å². The zero-order valence-corrected chi connectivity index (χ0v) is 40.3. The van der Waals surface area contributed by atoms with E-state index in [1.807, 2.05) is 0 Å². The maximum atomic E-state index is 6.82. The molecular weight excluding hydrogens is 887 g/mol. The summed E-state index contributed by atoms with van der Waals surface area (Å²) in [5, 5.41) is 2.26. The van der Waals surface area contributed by atoms with Gasteiger partial charge in [0.1, 0.15) is 22.7 Å². The first-order valence-electron chi connectivity index (χ1n) is 25.4. The summed E-state index contributed by atoms with van der Waals surface area (Å²) in [6.07, 6.45) is 0. The van der Waals surface area contributed by atoms with Crippen LogP contribution in [0, 0.1) is 0 Å². The Labute approximate surface area is 423 Å². The Morgan fingerprint density at radius 1 is 0.288 bits per heavy atom. The lowest BCUT2D eigenvalue weighted by Crippen LogP contribution is -2.29. The van der Waals surface area contributed by atoms with Crippen LogP contribution in [0.5, 0.6) is 11.5 Å². The van der Waals surface area contributed by atoms with Gasteiger partial charge in [-0.25, -0.2) is 0 Å². The third kappa shape index (κ3) is 5.43. The first-order valence-corrected chi connectivity index (χ1v) is 25.4. The van der Waals surface area contributed by atoms with Gasteiger partial charge in [0.2, 0.25) is 0 Å². The zero-order chi connectivity index (χ0) is 48.2. The summed E-state index contributed by atoms with van der Waals surface area (Å²) in [6, 6.07) is 87.7. The molecule has 1 spiro atoms. The highest BCUT2D eigenvalue weighted by molar-refractivity contribution is 6.09. The van der Waals surface area contributed by atoms with E-state index in [4.69, 9.17) is 9.15 Å². The average molecular weight is 932 g/mol. The predicted octanol–water partition coefficient (Wildman–Crippen LogP) is 18.8. The lowest BCUT2D eigenvalue weighted by atomic mass is 9.65. The molecule has 0 bridgehead atoms. The lowest BCUT2D eigenvalue weighted by Gasteiger charge is -2.36. The number of nitrogens with zero attached hydrogens (tertiary/aromatic N) is 1. The van der Waals surface area contributed by atoms with Crippen LogP contribution < -0.4 is 9.64 Å². The Morgan fingerprint density at radius 2 is 0.726 bits per heavy atom. The quantitative estimate of drug-likeness (QED) is 0.177. The highest BCUT2D eigenvalue weighted by atomic mass is 16.5. The fourth-order valence-corrected chi connectivity index (χ4v) is 13.5. The van der Waals surface area contributed by atoms with Gasteiger partial charge in [-0.15, -0.1) is 0 Å². The zero-order valence-electron chi connectivity index (χ0n) is 40.3. The summed E-state index contributed by atoms with van der Waals surface area (Å²) in [5.74, 6) is 1.70. The fourth-order valence-electron chi connectivity index (χ4n) is 13.5. The van der Waals surface area contributed by atoms with Gasteiger partial charge in [-0.2, -0.15) is 0 Å². The van der Waals surface area contributed by atoms with Crippen LogP contribution in [0.2, 0.25) is 0 Å². The molecule has 0 N–H and O–H groups in total. The van der Waals surface area contributed by atoms with E-state index < -0.39 is 5.41 Å². The standard InChI is InChI=1S/C70H45NO2/c1-69(2)59-25-11-5-20-49(59)52-36-33-43(38-62(52)69)71(42-31-34-47-53-22-8-14-28-65(53)72-66-29-15-9-23-54(66)56(47)37-42)44-32-35-51-46-18-4-3-17-45(46)48-19-6-12-26-60(48)70(63(51)39-44)61-27-13-7-21-50(61)57-40-58-55-24-10-16-30-67(55)73-68(58)41-64(57)70/h3-41H,1-2H3. The number of anilines is 3. The smallest absolute Gasteiger partial charge is 0.135 e. The van der Waals surface area contributed by atoms with Crippen molar-refractivity contribution >= 4 is 39.0 Å². The summed E-state index contributed by atoms with van der Waals surface area (Å²) in [5.41, 5.74) is 26.1. The first-order chi connectivity index (χ1) is 35.9. The van der Waals surface area contributed by atoms with Crippen molar-refractivity contribution in [3.05, 3.63) is 270 Å². The van der Waals surface area contributed by atoms with E-state index in [0.717, 1.165) is 72.8 Å². The highest BCUT2D eigenvalue weighted by Gasteiger charge is 2.50. The van der Waals surface area contributed by atoms with Gasteiger partial charge < -0.3 is 14.1 Å².